The maximum atomic E-state index is 2.59. The monoisotopic (exact) mass is 361 g/mol. The summed E-state index contributed by atoms with van der Waals surface area (Å²) in [6.45, 7) is 0. The molecule has 1 fully saturated rings. The van der Waals surface area contributed by atoms with E-state index >= 15 is 0 Å². The van der Waals surface area contributed by atoms with Crippen LogP contribution in [0.1, 0.15) is 16.7 Å². The van der Waals surface area contributed by atoms with Crippen LogP contribution in [0.25, 0.3) is 0 Å². The first kappa shape index (κ1) is 16.8. The average molecular weight is 361 g/mol. The zero-order chi connectivity index (χ0) is 18.8. The second-order valence-corrected chi connectivity index (χ2v) is 7.41. The Hall–Kier alpha value is -3.32. The third-order valence-electron chi connectivity index (χ3n) is 5.84. The highest BCUT2D eigenvalue weighted by atomic mass is 15.4. The minimum Gasteiger partial charge on any atom is -0.349 e. The van der Waals surface area contributed by atoms with Crippen LogP contribution < -0.4 is 4.90 Å². The Morgan fingerprint density at radius 1 is 0.536 bits per heavy atom. The predicted octanol–water partition coefficient (Wildman–Crippen LogP) is 6.06. The highest BCUT2D eigenvalue weighted by Gasteiger charge is 2.64. The van der Waals surface area contributed by atoms with Crippen molar-refractivity contribution < 1.29 is 0 Å². The molecule has 1 aliphatic rings. The summed E-state index contributed by atoms with van der Waals surface area (Å²) in [4.78, 5) is 2.59. The van der Waals surface area contributed by atoms with Crippen molar-refractivity contribution >= 4 is 5.69 Å². The molecule has 1 nitrogen and oxygen atoms in total. The largest absolute Gasteiger partial charge is 0.349 e. The Kier molecular flexibility index (Phi) is 4.21. The van der Waals surface area contributed by atoms with E-state index in [0.29, 0.717) is 6.04 Å². The van der Waals surface area contributed by atoms with Gasteiger partial charge in [0.1, 0.15) is 5.54 Å². The first-order valence-electron chi connectivity index (χ1n) is 9.90. The van der Waals surface area contributed by atoms with Crippen LogP contribution in [0.5, 0.6) is 0 Å². The summed E-state index contributed by atoms with van der Waals surface area (Å²) in [5.74, 6) is 0. The van der Waals surface area contributed by atoms with Crippen molar-refractivity contribution in [1.29, 1.82) is 0 Å². The van der Waals surface area contributed by atoms with Crippen molar-refractivity contribution in [2.45, 2.75) is 18.0 Å². The van der Waals surface area contributed by atoms with Crippen LogP contribution in [0.4, 0.5) is 5.69 Å². The van der Waals surface area contributed by atoms with E-state index in [4.69, 9.17) is 0 Å². The fourth-order valence-electron chi connectivity index (χ4n) is 4.61. The molecule has 5 rings (SSSR count). The summed E-state index contributed by atoms with van der Waals surface area (Å²) in [5.41, 5.74) is 5.22. The number of nitrogens with zero attached hydrogens (tertiary/aromatic N) is 1. The summed E-state index contributed by atoms with van der Waals surface area (Å²) in [7, 11) is 0. The molecule has 1 aliphatic heterocycles. The lowest BCUT2D eigenvalue weighted by Crippen LogP contribution is -2.19. The lowest BCUT2D eigenvalue weighted by Gasteiger charge is -2.20. The lowest BCUT2D eigenvalue weighted by molar-refractivity contribution is 0.768. The van der Waals surface area contributed by atoms with E-state index in [-0.39, 0.29) is 5.54 Å². The second kappa shape index (κ2) is 7.01. The SMILES string of the molecule is c1ccc(CC2N(c3ccccc3)C2(c2ccccc2)c2ccccc2)cc1. The van der Waals surface area contributed by atoms with Gasteiger partial charge in [0, 0.05) is 5.69 Å². The van der Waals surface area contributed by atoms with Gasteiger partial charge < -0.3 is 4.90 Å². The van der Waals surface area contributed by atoms with Gasteiger partial charge in [0.2, 0.25) is 0 Å². The minimum atomic E-state index is -0.139. The van der Waals surface area contributed by atoms with E-state index in [9.17, 15) is 0 Å². The molecule has 0 bridgehead atoms. The molecular weight excluding hydrogens is 338 g/mol. The molecule has 1 atom stereocenters. The van der Waals surface area contributed by atoms with E-state index in [1.54, 1.807) is 0 Å². The Labute approximate surface area is 166 Å². The third kappa shape index (κ3) is 2.71. The lowest BCUT2D eigenvalue weighted by atomic mass is 9.85. The predicted molar refractivity (Wildman–Crippen MR) is 117 cm³/mol. The van der Waals surface area contributed by atoms with Gasteiger partial charge in [0.25, 0.3) is 0 Å². The molecule has 0 aromatic heterocycles. The van der Waals surface area contributed by atoms with E-state index in [1.807, 2.05) is 0 Å². The van der Waals surface area contributed by atoms with Gasteiger partial charge in [-0.05, 0) is 35.2 Å². The van der Waals surface area contributed by atoms with Gasteiger partial charge in [-0.25, -0.2) is 0 Å². The molecule has 1 saturated heterocycles. The van der Waals surface area contributed by atoms with Crippen LogP contribution in [-0.4, -0.2) is 6.04 Å². The highest BCUT2D eigenvalue weighted by molar-refractivity contribution is 5.70. The van der Waals surface area contributed by atoms with E-state index in [0.717, 1.165) is 6.42 Å². The normalized spacial score (nSPS) is 17.3. The molecule has 1 heterocycles. The van der Waals surface area contributed by atoms with Crippen LogP contribution in [0.3, 0.4) is 0 Å². The quantitative estimate of drug-likeness (QED) is 0.390. The van der Waals surface area contributed by atoms with E-state index in [2.05, 4.69) is 126 Å². The number of rotatable bonds is 5. The number of benzene rings is 4. The van der Waals surface area contributed by atoms with Crippen molar-refractivity contribution in [2.75, 3.05) is 4.90 Å². The van der Waals surface area contributed by atoms with Crippen LogP contribution in [0.2, 0.25) is 0 Å². The standard InChI is InChI=1S/C27H23N/c1-5-13-22(14-6-1)21-26-27(23-15-7-2-8-16-23,24-17-9-3-10-18-24)28(26)25-19-11-4-12-20-25/h1-20,26H,21H2. The zero-order valence-electron chi connectivity index (χ0n) is 15.8. The fourth-order valence-corrected chi connectivity index (χ4v) is 4.61. The Morgan fingerprint density at radius 2 is 0.964 bits per heavy atom. The van der Waals surface area contributed by atoms with Crippen LogP contribution in [0.15, 0.2) is 121 Å². The van der Waals surface area contributed by atoms with Crippen molar-refractivity contribution in [1.82, 2.24) is 0 Å². The molecule has 28 heavy (non-hydrogen) atoms. The topological polar surface area (TPSA) is 3.01 Å². The van der Waals surface area contributed by atoms with Gasteiger partial charge >= 0.3 is 0 Å². The van der Waals surface area contributed by atoms with Gasteiger partial charge in [-0.2, -0.15) is 0 Å². The van der Waals surface area contributed by atoms with Gasteiger partial charge in [-0.1, -0.05) is 109 Å². The molecular formula is C27H23N. The summed E-state index contributed by atoms with van der Waals surface area (Å²) in [5, 5.41) is 0. The smallest absolute Gasteiger partial charge is 0.112 e. The van der Waals surface area contributed by atoms with Crippen molar-refractivity contribution in [2.24, 2.45) is 0 Å². The molecule has 4 aromatic carbocycles. The van der Waals surface area contributed by atoms with Gasteiger partial charge in [-0.3, -0.25) is 0 Å². The van der Waals surface area contributed by atoms with E-state index in [1.165, 1.54) is 22.4 Å². The summed E-state index contributed by atoms with van der Waals surface area (Å²) >= 11 is 0. The van der Waals surface area contributed by atoms with Crippen LogP contribution >= 0.6 is 0 Å². The maximum absolute atomic E-state index is 2.59. The maximum Gasteiger partial charge on any atom is 0.112 e. The van der Waals surface area contributed by atoms with Crippen LogP contribution in [-0.2, 0) is 12.0 Å². The minimum absolute atomic E-state index is 0.139. The number of para-hydroxylation sites is 1. The molecule has 136 valence electrons. The number of hydrogen-bond acceptors (Lipinski definition) is 1. The molecule has 1 unspecified atom stereocenters. The van der Waals surface area contributed by atoms with Crippen molar-refractivity contribution in [3.63, 3.8) is 0 Å². The van der Waals surface area contributed by atoms with E-state index < -0.39 is 0 Å². The summed E-state index contributed by atoms with van der Waals surface area (Å²) < 4.78 is 0. The first-order valence-corrected chi connectivity index (χ1v) is 9.90. The van der Waals surface area contributed by atoms with Gasteiger partial charge in [0.15, 0.2) is 0 Å². The molecule has 1 heteroatoms. The average Bonchev–Trinajstić information content (AvgIpc) is 3.45. The summed E-state index contributed by atoms with van der Waals surface area (Å²) in [6.07, 6.45) is 1.01. The number of anilines is 1. The molecule has 0 N–H and O–H groups in total. The van der Waals surface area contributed by atoms with Crippen LogP contribution in [0, 0.1) is 0 Å². The first-order chi connectivity index (χ1) is 13.9. The molecule has 0 saturated carbocycles. The second-order valence-electron chi connectivity index (χ2n) is 7.41. The third-order valence-corrected chi connectivity index (χ3v) is 5.84. The Bertz CT molecular complexity index is 987. The molecule has 0 aliphatic carbocycles. The molecule has 0 amide bonds. The fraction of sp³-hybridized carbons (Fsp3) is 0.111. The molecule has 0 radical (unpaired) electrons. The zero-order valence-corrected chi connectivity index (χ0v) is 15.8. The van der Waals surface area contributed by atoms with Gasteiger partial charge in [0.05, 0.1) is 6.04 Å². The number of hydrogen-bond donors (Lipinski definition) is 0. The Morgan fingerprint density at radius 3 is 1.46 bits per heavy atom. The summed E-state index contributed by atoms with van der Waals surface area (Å²) in [6, 6.07) is 43.9. The Balaban J connectivity index is 1.68. The molecule has 0 spiro atoms. The van der Waals surface area contributed by atoms with Crippen molar-refractivity contribution in [3.05, 3.63) is 138 Å². The highest BCUT2D eigenvalue weighted by Crippen LogP contribution is 2.58. The van der Waals surface area contributed by atoms with Crippen molar-refractivity contribution in [3.8, 4) is 0 Å². The van der Waals surface area contributed by atoms with Gasteiger partial charge in [-0.15, -0.1) is 0 Å². The molecule has 4 aromatic rings.